The minimum atomic E-state index is 0.601. The van der Waals surface area contributed by atoms with Gasteiger partial charge in [0.2, 0.25) is 0 Å². The number of nitrogens with zero attached hydrogens (tertiary/aromatic N) is 1. The Labute approximate surface area is 100 Å². The first kappa shape index (κ1) is 10.2. The second-order valence-electron chi connectivity index (χ2n) is 4.78. The number of hydrogen-bond donors (Lipinski definition) is 0. The molecule has 2 unspecified atom stereocenters. The van der Waals surface area contributed by atoms with Crippen molar-refractivity contribution in [3.63, 3.8) is 0 Å². The molecule has 1 aromatic rings. The predicted octanol–water partition coefficient (Wildman–Crippen LogP) is 3.14. The van der Waals surface area contributed by atoms with E-state index in [-0.39, 0.29) is 0 Å². The Morgan fingerprint density at radius 2 is 2.25 bits per heavy atom. The second kappa shape index (κ2) is 3.77. The van der Waals surface area contributed by atoms with Crippen LogP contribution in [0.2, 0.25) is 5.02 Å². The number of para-hydroxylation sites is 1. The Kier molecular flexibility index (Phi) is 2.40. The van der Waals surface area contributed by atoms with Gasteiger partial charge in [0.15, 0.2) is 6.29 Å². The summed E-state index contributed by atoms with van der Waals surface area (Å²) in [5.41, 5.74) is 1.67. The fourth-order valence-electron chi connectivity index (χ4n) is 3.13. The van der Waals surface area contributed by atoms with Crippen molar-refractivity contribution < 1.29 is 4.79 Å². The number of hydrogen-bond acceptors (Lipinski definition) is 2. The van der Waals surface area contributed by atoms with E-state index < -0.39 is 0 Å². The molecule has 1 saturated heterocycles. The third-order valence-electron chi connectivity index (χ3n) is 3.84. The monoisotopic (exact) mass is 235 g/mol. The van der Waals surface area contributed by atoms with Crippen molar-refractivity contribution in [2.75, 3.05) is 11.4 Å². The van der Waals surface area contributed by atoms with Gasteiger partial charge in [-0.25, -0.2) is 0 Å². The average molecular weight is 236 g/mol. The zero-order chi connectivity index (χ0) is 11.1. The molecule has 0 amide bonds. The molecule has 1 aliphatic carbocycles. The fourth-order valence-corrected chi connectivity index (χ4v) is 3.42. The summed E-state index contributed by atoms with van der Waals surface area (Å²) in [6.07, 6.45) is 4.76. The van der Waals surface area contributed by atoms with Crippen molar-refractivity contribution in [2.24, 2.45) is 5.92 Å². The van der Waals surface area contributed by atoms with Crippen molar-refractivity contribution in [3.05, 3.63) is 28.8 Å². The van der Waals surface area contributed by atoms with Gasteiger partial charge in [0.05, 0.1) is 10.7 Å². The molecule has 2 atom stereocenters. The number of benzene rings is 1. The van der Waals surface area contributed by atoms with E-state index in [9.17, 15) is 4.79 Å². The highest BCUT2D eigenvalue weighted by Gasteiger charge is 2.39. The summed E-state index contributed by atoms with van der Waals surface area (Å²) in [5, 5.41) is 0.706. The molecule has 1 aliphatic heterocycles. The first-order valence-electron chi connectivity index (χ1n) is 5.80. The minimum Gasteiger partial charge on any atom is -0.366 e. The standard InChI is InChI=1S/C13H14ClNO/c14-12-3-1-2-10(8-16)13(12)15-7-9-4-5-11(15)6-9/h1-3,8-9,11H,4-7H2. The Bertz CT molecular complexity index is 432. The van der Waals surface area contributed by atoms with Gasteiger partial charge in [-0.15, -0.1) is 0 Å². The molecule has 2 fully saturated rings. The predicted molar refractivity (Wildman–Crippen MR) is 65.3 cm³/mol. The lowest BCUT2D eigenvalue weighted by atomic mass is 10.1. The molecule has 0 N–H and O–H groups in total. The number of carbonyl (C=O) groups is 1. The van der Waals surface area contributed by atoms with Gasteiger partial charge in [0.1, 0.15) is 0 Å². The number of piperidine rings is 1. The third kappa shape index (κ3) is 1.44. The van der Waals surface area contributed by atoms with Crippen LogP contribution in [0.25, 0.3) is 0 Å². The van der Waals surface area contributed by atoms with Crippen LogP contribution in [0.4, 0.5) is 5.69 Å². The first-order valence-corrected chi connectivity index (χ1v) is 6.17. The third-order valence-corrected chi connectivity index (χ3v) is 4.15. The smallest absolute Gasteiger partial charge is 0.152 e. The molecule has 3 heteroatoms. The Balaban J connectivity index is 2.03. The van der Waals surface area contributed by atoms with Crippen LogP contribution < -0.4 is 4.90 Å². The van der Waals surface area contributed by atoms with Gasteiger partial charge in [-0.3, -0.25) is 4.79 Å². The van der Waals surface area contributed by atoms with Crippen molar-refractivity contribution in [2.45, 2.75) is 25.3 Å². The first-order chi connectivity index (χ1) is 7.79. The fraction of sp³-hybridized carbons (Fsp3) is 0.462. The minimum absolute atomic E-state index is 0.601. The van der Waals surface area contributed by atoms with Crippen molar-refractivity contribution in [1.29, 1.82) is 0 Å². The van der Waals surface area contributed by atoms with Crippen molar-refractivity contribution in [3.8, 4) is 0 Å². The quantitative estimate of drug-likeness (QED) is 0.734. The highest BCUT2D eigenvalue weighted by molar-refractivity contribution is 6.34. The summed E-state index contributed by atoms with van der Waals surface area (Å²) < 4.78 is 0. The van der Waals surface area contributed by atoms with E-state index in [2.05, 4.69) is 4.90 Å². The van der Waals surface area contributed by atoms with Gasteiger partial charge in [-0.05, 0) is 37.3 Å². The zero-order valence-corrected chi connectivity index (χ0v) is 9.78. The lowest BCUT2D eigenvalue weighted by Gasteiger charge is -2.30. The van der Waals surface area contributed by atoms with Crippen LogP contribution in [-0.2, 0) is 0 Å². The number of halogens is 1. The van der Waals surface area contributed by atoms with E-state index in [1.807, 2.05) is 18.2 Å². The van der Waals surface area contributed by atoms with Crippen LogP contribution in [0.5, 0.6) is 0 Å². The highest BCUT2D eigenvalue weighted by atomic mass is 35.5. The lowest BCUT2D eigenvalue weighted by molar-refractivity contribution is 0.112. The number of anilines is 1. The van der Waals surface area contributed by atoms with Gasteiger partial charge < -0.3 is 4.90 Å². The van der Waals surface area contributed by atoms with Gasteiger partial charge in [0, 0.05) is 18.2 Å². The van der Waals surface area contributed by atoms with Crippen LogP contribution in [0.1, 0.15) is 29.6 Å². The van der Waals surface area contributed by atoms with Gasteiger partial charge in [0.25, 0.3) is 0 Å². The van der Waals surface area contributed by atoms with Crippen molar-refractivity contribution in [1.82, 2.24) is 0 Å². The van der Waals surface area contributed by atoms with Crippen LogP contribution in [0.3, 0.4) is 0 Å². The van der Waals surface area contributed by atoms with Gasteiger partial charge >= 0.3 is 0 Å². The highest BCUT2D eigenvalue weighted by Crippen LogP contribution is 2.43. The van der Waals surface area contributed by atoms with E-state index in [1.165, 1.54) is 19.3 Å². The molecule has 3 rings (SSSR count). The van der Waals surface area contributed by atoms with E-state index in [0.717, 1.165) is 30.0 Å². The number of aldehydes is 1. The molecule has 0 aromatic heterocycles. The molecule has 2 bridgehead atoms. The number of rotatable bonds is 2. The maximum absolute atomic E-state index is 11.1. The summed E-state index contributed by atoms with van der Waals surface area (Å²) in [6, 6.07) is 6.16. The summed E-state index contributed by atoms with van der Waals surface area (Å²) in [5.74, 6) is 0.806. The maximum Gasteiger partial charge on any atom is 0.152 e. The van der Waals surface area contributed by atoms with E-state index in [0.29, 0.717) is 11.1 Å². The summed E-state index contributed by atoms with van der Waals surface area (Å²) in [4.78, 5) is 13.4. The van der Waals surface area contributed by atoms with Gasteiger partial charge in [-0.1, -0.05) is 17.7 Å². The number of fused-ring (bicyclic) bond motifs is 2. The molecule has 1 heterocycles. The van der Waals surface area contributed by atoms with Crippen LogP contribution >= 0.6 is 11.6 Å². The Morgan fingerprint density at radius 1 is 1.38 bits per heavy atom. The number of carbonyl (C=O) groups excluding carboxylic acids is 1. The lowest BCUT2D eigenvalue weighted by Crippen LogP contribution is -2.32. The Morgan fingerprint density at radius 3 is 2.88 bits per heavy atom. The molecule has 16 heavy (non-hydrogen) atoms. The topological polar surface area (TPSA) is 20.3 Å². The zero-order valence-electron chi connectivity index (χ0n) is 9.03. The molecule has 1 aromatic carbocycles. The largest absolute Gasteiger partial charge is 0.366 e. The Hall–Kier alpha value is -1.02. The normalized spacial score (nSPS) is 27.4. The van der Waals surface area contributed by atoms with Crippen LogP contribution in [0.15, 0.2) is 18.2 Å². The average Bonchev–Trinajstić information content (AvgIpc) is 2.90. The summed E-state index contributed by atoms with van der Waals surface area (Å²) in [7, 11) is 0. The van der Waals surface area contributed by atoms with E-state index in [4.69, 9.17) is 11.6 Å². The summed E-state index contributed by atoms with van der Waals surface area (Å²) in [6.45, 7) is 1.06. The van der Waals surface area contributed by atoms with Gasteiger partial charge in [-0.2, -0.15) is 0 Å². The molecule has 1 saturated carbocycles. The van der Waals surface area contributed by atoms with Crippen LogP contribution in [-0.4, -0.2) is 18.9 Å². The molecule has 0 spiro atoms. The second-order valence-corrected chi connectivity index (χ2v) is 5.19. The molecule has 0 radical (unpaired) electrons. The summed E-state index contributed by atoms with van der Waals surface area (Å²) >= 11 is 6.22. The van der Waals surface area contributed by atoms with E-state index >= 15 is 0 Å². The molecule has 2 aliphatic rings. The molecule has 84 valence electrons. The van der Waals surface area contributed by atoms with E-state index in [1.54, 1.807) is 0 Å². The van der Waals surface area contributed by atoms with Crippen LogP contribution in [0, 0.1) is 5.92 Å². The molecular weight excluding hydrogens is 222 g/mol. The molecular formula is C13H14ClNO. The molecule has 2 nitrogen and oxygen atoms in total. The SMILES string of the molecule is O=Cc1cccc(Cl)c1N1CC2CCC1C2. The maximum atomic E-state index is 11.1. The van der Waals surface area contributed by atoms with Crippen molar-refractivity contribution >= 4 is 23.6 Å².